The molecule has 0 unspecified atom stereocenters. The van der Waals surface area contributed by atoms with Crippen LogP contribution in [0.3, 0.4) is 0 Å². The molecule has 1 rings (SSSR count). The lowest BCUT2D eigenvalue weighted by molar-refractivity contribution is 0.0697. The Bertz CT molecular complexity index is 413. The van der Waals surface area contributed by atoms with Gasteiger partial charge < -0.3 is 10.0 Å². The van der Waals surface area contributed by atoms with Gasteiger partial charge in [-0.2, -0.15) is 0 Å². The lowest BCUT2D eigenvalue weighted by atomic mass is 10.1. The first-order chi connectivity index (χ1) is 9.11. The molecule has 0 heterocycles. The summed E-state index contributed by atoms with van der Waals surface area (Å²) in [6, 6.07) is 4.23. The predicted octanol–water partition coefficient (Wildman–Crippen LogP) is 3.93. The van der Waals surface area contributed by atoms with Gasteiger partial charge in [0.25, 0.3) is 0 Å². The third-order valence-electron chi connectivity index (χ3n) is 3.10. The second-order valence-electron chi connectivity index (χ2n) is 4.64. The van der Waals surface area contributed by atoms with Crippen molar-refractivity contribution in [2.75, 3.05) is 18.0 Å². The summed E-state index contributed by atoms with van der Waals surface area (Å²) in [5.74, 6) is -1.53. The Labute approximate surface area is 114 Å². The summed E-state index contributed by atoms with van der Waals surface area (Å²) in [5, 5.41) is 9.20. The van der Waals surface area contributed by atoms with E-state index < -0.39 is 11.8 Å². The van der Waals surface area contributed by atoms with Crippen molar-refractivity contribution < 1.29 is 14.3 Å². The number of hydrogen-bond donors (Lipinski definition) is 1. The lowest BCUT2D eigenvalue weighted by Crippen LogP contribution is -2.28. The van der Waals surface area contributed by atoms with Gasteiger partial charge in [0, 0.05) is 13.1 Å². The fraction of sp³-hybridized carbons (Fsp3) is 0.533. The van der Waals surface area contributed by atoms with Gasteiger partial charge in [0.2, 0.25) is 0 Å². The van der Waals surface area contributed by atoms with Crippen LogP contribution >= 0.6 is 0 Å². The van der Waals surface area contributed by atoms with Gasteiger partial charge in [-0.15, -0.1) is 0 Å². The number of halogens is 1. The molecule has 0 bridgehead atoms. The summed E-state index contributed by atoms with van der Waals surface area (Å²) in [6.45, 7) is 5.52. The summed E-state index contributed by atoms with van der Waals surface area (Å²) in [5.41, 5.74) is 0.282. The zero-order valence-corrected chi connectivity index (χ0v) is 11.7. The summed E-state index contributed by atoms with van der Waals surface area (Å²) in [6.07, 6.45) is 3.85. The standard InChI is InChI=1S/C15H22FNO2/c1-3-5-10-17(11-6-4-2)14-12(15(18)19)8-7-9-13(14)16/h7-9H,3-6,10-11H2,1-2H3,(H,18,19). The van der Waals surface area contributed by atoms with Gasteiger partial charge >= 0.3 is 5.97 Å². The van der Waals surface area contributed by atoms with Gasteiger partial charge in [0.1, 0.15) is 5.82 Å². The Balaban J connectivity index is 3.08. The Morgan fingerprint density at radius 3 is 2.26 bits per heavy atom. The third-order valence-corrected chi connectivity index (χ3v) is 3.10. The highest BCUT2D eigenvalue weighted by atomic mass is 19.1. The minimum absolute atomic E-state index is 0.0483. The van der Waals surface area contributed by atoms with Crippen molar-refractivity contribution in [3.63, 3.8) is 0 Å². The van der Waals surface area contributed by atoms with E-state index in [0.29, 0.717) is 13.1 Å². The number of unbranched alkanes of at least 4 members (excludes halogenated alkanes) is 2. The molecule has 19 heavy (non-hydrogen) atoms. The molecule has 3 nitrogen and oxygen atoms in total. The topological polar surface area (TPSA) is 40.5 Å². The van der Waals surface area contributed by atoms with E-state index in [2.05, 4.69) is 13.8 Å². The summed E-state index contributed by atoms with van der Waals surface area (Å²) in [7, 11) is 0. The van der Waals surface area contributed by atoms with Gasteiger partial charge in [-0.1, -0.05) is 32.8 Å². The number of para-hydroxylation sites is 1. The molecular weight excluding hydrogens is 245 g/mol. The number of hydrogen-bond acceptors (Lipinski definition) is 2. The van der Waals surface area contributed by atoms with Crippen LogP contribution < -0.4 is 4.90 Å². The van der Waals surface area contributed by atoms with Crippen molar-refractivity contribution in [2.24, 2.45) is 0 Å². The van der Waals surface area contributed by atoms with E-state index in [0.717, 1.165) is 25.7 Å². The van der Waals surface area contributed by atoms with Crippen LogP contribution in [0.2, 0.25) is 0 Å². The molecule has 0 aliphatic rings. The highest BCUT2D eigenvalue weighted by Gasteiger charge is 2.19. The number of anilines is 1. The zero-order valence-electron chi connectivity index (χ0n) is 11.7. The Hall–Kier alpha value is -1.58. The van der Waals surface area contributed by atoms with Crippen LogP contribution in [0.15, 0.2) is 18.2 Å². The summed E-state index contributed by atoms with van der Waals surface area (Å²) in [4.78, 5) is 13.1. The zero-order chi connectivity index (χ0) is 14.3. The van der Waals surface area contributed by atoms with Crippen LogP contribution in [0.25, 0.3) is 0 Å². The molecule has 1 N–H and O–H groups in total. The quantitative estimate of drug-likeness (QED) is 0.775. The Kier molecular flexibility index (Phi) is 6.33. The smallest absolute Gasteiger partial charge is 0.337 e. The van der Waals surface area contributed by atoms with Crippen molar-refractivity contribution in [1.29, 1.82) is 0 Å². The van der Waals surface area contributed by atoms with E-state index in [-0.39, 0.29) is 11.3 Å². The van der Waals surface area contributed by atoms with Gasteiger partial charge in [-0.05, 0) is 25.0 Å². The maximum atomic E-state index is 14.0. The predicted molar refractivity (Wildman–Crippen MR) is 75.4 cm³/mol. The molecule has 0 fully saturated rings. The van der Waals surface area contributed by atoms with Crippen LogP contribution in [-0.2, 0) is 0 Å². The molecule has 0 saturated carbocycles. The van der Waals surface area contributed by atoms with Crippen LogP contribution in [0.1, 0.15) is 49.9 Å². The molecule has 1 aromatic carbocycles. The number of carboxylic acids is 1. The molecule has 0 spiro atoms. The van der Waals surface area contributed by atoms with Crippen LogP contribution in [0.4, 0.5) is 10.1 Å². The summed E-state index contributed by atoms with van der Waals surface area (Å²) >= 11 is 0. The second-order valence-corrected chi connectivity index (χ2v) is 4.64. The molecule has 4 heteroatoms. The van der Waals surface area contributed by atoms with Crippen molar-refractivity contribution in [2.45, 2.75) is 39.5 Å². The normalized spacial score (nSPS) is 10.5. The largest absolute Gasteiger partial charge is 0.478 e. The Morgan fingerprint density at radius 1 is 1.21 bits per heavy atom. The van der Waals surface area contributed by atoms with Crippen molar-refractivity contribution in [1.82, 2.24) is 0 Å². The van der Waals surface area contributed by atoms with Crippen molar-refractivity contribution in [3.05, 3.63) is 29.6 Å². The van der Waals surface area contributed by atoms with E-state index in [1.165, 1.54) is 18.2 Å². The van der Waals surface area contributed by atoms with Gasteiger partial charge in [-0.3, -0.25) is 0 Å². The minimum Gasteiger partial charge on any atom is -0.478 e. The lowest BCUT2D eigenvalue weighted by Gasteiger charge is -2.26. The average molecular weight is 267 g/mol. The van der Waals surface area contributed by atoms with Crippen LogP contribution in [0, 0.1) is 5.82 Å². The Morgan fingerprint density at radius 2 is 1.79 bits per heavy atom. The molecule has 0 aliphatic carbocycles. The van der Waals surface area contributed by atoms with E-state index in [1.54, 1.807) is 0 Å². The van der Waals surface area contributed by atoms with Gasteiger partial charge in [0.05, 0.1) is 11.3 Å². The molecule has 0 saturated heterocycles. The fourth-order valence-electron chi connectivity index (χ4n) is 2.04. The first kappa shape index (κ1) is 15.5. The molecule has 0 radical (unpaired) electrons. The molecule has 0 aliphatic heterocycles. The maximum Gasteiger partial charge on any atom is 0.337 e. The van der Waals surface area contributed by atoms with Crippen LogP contribution in [0.5, 0.6) is 0 Å². The van der Waals surface area contributed by atoms with E-state index in [1.807, 2.05) is 4.90 Å². The van der Waals surface area contributed by atoms with Gasteiger partial charge in [0.15, 0.2) is 0 Å². The number of nitrogens with zero attached hydrogens (tertiary/aromatic N) is 1. The minimum atomic E-state index is -1.08. The molecular formula is C15H22FNO2. The number of rotatable bonds is 8. The fourth-order valence-corrected chi connectivity index (χ4v) is 2.04. The third kappa shape index (κ3) is 4.23. The summed E-state index contributed by atoms with van der Waals surface area (Å²) < 4.78 is 14.0. The molecule has 1 aromatic rings. The van der Waals surface area contributed by atoms with Crippen LogP contribution in [-0.4, -0.2) is 24.2 Å². The molecule has 0 atom stereocenters. The molecule has 0 aromatic heterocycles. The highest BCUT2D eigenvalue weighted by Crippen LogP contribution is 2.25. The number of carbonyl (C=O) groups is 1. The molecule has 0 amide bonds. The number of benzene rings is 1. The van der Waals surface area contributed by atoms with E-state index in [9.17, 15) is 14.3 Å². The number of aromatic carboxylic acids is 1. The number of carboxylic acid groups (broad SMARTS) is 1. The van der Waals surface area contributed by atoms with E-state index in [4.69, 9.17) is 0 Å². The SMILES string of the molecule is CCCCN(CCCC)c1c(F)cccc1C(=O)O. The highest BCUT2D eigenvalue weighted by molar-refractivity contribution is 5.94. The molecule has 106 valence electrons. The maximum absolute atomic E-state index is 14.0. The second kappa shape index (κ2) is 7.77. The average Bonchev–Trinajstić information content (AvgIpc) is 2.39. The first-order valence-electron chi connectivity index (χ1n) is 6.88. The first-order valence-corrected chi connectivity index (χ1v) is 6.88. The van der Waals surface area contributed by atoms with E-state index >= 15 is 0 Å². The van der Waals surface area contributed by atoms with Gasteiger partial charge in [-0.25, -0.2) is 9.18 Å². The van der Waals surface area contributed by atoms with Crippen molar-refractivity contribution >= 4 is 11.7 Å². The van der Waals surface area contributed by atoms with Crippen molar-refractivity contribution in [3.8, 4) is 0 Å². The monoisotopic (exact) mass is 267 g/mol.